The molecule has 8 heteroatoms. The van der Waals surface area contributed by atoms with Crippen LogP contribution < -0.4 is 15.8 Å². The number of hydrogen-bond donors (Lipinski definition) is 2. The molecule has 0 aliphatic rings. The van der Waals surface area contributed by atoms with E-state index in [-0.39, 0.29) is 31.1 Å². The van der Waals surface area contributed by atoms with Crippen molar-refractivity contribution in [2.45, 2.75) is 30.6 Å². The van der Waals surface area contributed by atoms with Gasteiger partial charge < -0.3 is 15.8 Å². The van der Waals surface area contributed by atoms with Crippen LogP contribution in [0.25, 0.3) is 0 Å². The second-order valence-corrected chi connectivity index (χ2v) is 11.2. The summed E-state index contributed by atoms with van der Waals surface area (Å²) in [7, 11) is -2.47. The van der Waals surface area contributed by atoms with Crippen LogP contribution in [0.1, 0.15) is 31.9 Å². The Morgan fingerprint density at radius 1 is 0.943 bits per heavy atom. The van der Waals surface area contributed by atoms with E-state index in [1.54, 1.807) is 61.7 Å². The number of carbonyl (C=O) groups is 1. The van der Waals surface area contributed by atoms with E-state index in [0.29, 0.717) is 17.0 Å². The van der Waals surface area contributed by atoms with Crippen molar-refractivity contribution in [1.29, 1.82) is 0 Å². The average Bonchev–Trinajstić information content (AvgIpc) is 3.15. The summed E-state index contributed by atoms with van der Waals surface area (Å²) in [6, 6.07) is 19.1. The lowest BCUT2D eigenvalue weighted by atomic mass is 10.0. The average molecular weight is 507 g/mol. The summed E-state index contributed by atoms with van der Waals surface area (Å²) in [6.07, 6.45) is 0. The Bertz CT molecular complexity index is 1520. The highest BCUT2D eigenvalue weighted by Gasteiger charge is 2.32. The maximum atomic E-state index is 13.7. The summed E-state index contributed by atoms with van der Waals surface area (Å²) >= 11 is 1.03. The van der Waals surface area contributed by atoms with E-state index in [2.05, 4.69) is 5.32 Å². The molecule has 0 saturated carbocycles. The largest absolute Gasteiger partial charge is 0.497 e. The van der Waals surface area contributed by atoms with Gasteiger partial charge in [-0.2, -0.15) is 0 Å². The van der Waals surface area contributed by atoms with E-state index in [1.165, 1.54) is 0 Å². The molecular formula is C27H26N2O4S2. The Kier molecular flexibility index (Phi) is 6.69. The Morgan fingerprint density at radius 3 is 2.29 bits per heavy atom. The number of hydrogen-bond acceptors (Lipinski definition) is 7. The normalized spacial score (nSPS) is 11.3. The molecule has 0 bridgehead atoms. The van der Waals surface area contributed by atoms with Gasteiger partial charge in [-0.1, -0.05) is 47.5 Å². The molecule has 35 heavy (non-hydrogen) atoms. The highest BCUT2D eigenvalue weighted by Crippen LogP contribution is 2.44. The van der Waals surface area contributed by atoms with Crippen LogP contribution in [0, 0.1) is 20.8 Å². The quantitative estimate of drug-likeness (QED) is 0.295. The van der Waals surface area contributed by atoms with E-state index < -0.39 is 9.84 Å². The maximum absolute atomic E-state index is 13.7. The molecule has 3 N–H and O–H groups in total. The zero-order valence-electron chi connectivity index (χ0n) is 19.9. The van der Waals surface area contributed by atoms with Crippen LogP contribution >= 0.6 is 11.3 Å². The number of nitrogens with one attached hydrogen (secondary N) is 1. The van der Waals surface area contributed by atoms with Crippen molar-refractivity contribution >= 4 is 43.3 Å². The minimum absolute atomic E-state index is 0.0639. The molecule has 180 valence electrons. The summed E-state index contributed by atoms with van der Waals surface area (Å²) in [5, 5.41) is 3.42. The summed E-state index contributed by atoms with van der Waals surface area (Å²) in [5.74, 6) is 0.290. The SMILES string of the molecule is COc1cccc(Nc2sc(C(=O)c3ccc(C)cc3C)c(N)c2S(=O)(=O)c2ccc(C)cc2)c1. The van der Waals surface area contributed by atoms with Crippen molar-refractivity contribution in [3.63, 3.8) is 0 Å². The van der Waals surface area contributed by atoms with Gasteiger partial charge in [0.25, 0.3) is 0 Å². The van der Waals surface area contributed by atoms with Gasteiger partial charge in [-0.25, -0.2) is 8.42 Å². The highest BCUT2D eigenvalue weighted by molar-refractivity contribution is 7.92. The van der Waals surface area contributed by atoms with E-state index >= 15 is 0 Å². The van der Waals surface area contributed by atoms with Crippen LogP contribution in [0.2, 0.25) is 0 Å². The van der Waals surface area contributed by atoms with Gasteiger partial charge >= 0.3 is 0 Å². The van der Waals surface area contributed by atoms with Crippen molar-refractivity contribution in [2.24, 2.45) is 0 Å². The standard InChI is InChI=1S/C27H26N2O4S2/c1-16-8-11-21(12-9-16)35(31,32)26-23(28)25(24(30)22-13-10-17(2)14-18(22)3)34-27(26)29-19-6-5-7-20(15-19)33-4/h5-15,29H,28H2,1-4H3. The first-order valence-electron chi connectivity index (χ1n) is 10.9. The van der Waals surface area contributed by atoms with Crippen molar-refractivity contribution in [3.05, 3.63) is 93.9 Å². The van der Waals surface area contributed by atoms with Gasteiger partial charge in [0.05, 0.1) is 17.7 Å². The van der Waals surface area contributed by atoms with E-state index in [9.17, 15) is 13.2 Å². The third-order valence-electron chi connectivity index (χ3n) is 5.66. The molecule has 3 aromatic carbocycles. The van der Waals surface area contributed by atoms with Crippen molar-refractivity contribution in [2.75, 3.05) is 18.2 Å². The summed E-state index contributed by atoms with van der Waals surface area (Å²) < 4.78 is 32.8. The molecule has 4 aromatic rings. The maximum Gasteiger partial charge on any atom is 0.211 e. The van der Waals surface area contributed by atoms with Crippen LogP contribution in [0.15, 0.2) is 76.5 Å². The molecule has 6 nitrogen and oxygen atoms in total. The lowest BCUT2D eigenvalue weighted by molar-refractivity contribution is 0.104. The van der Waals surface area contributed by atoms with Crippen molar-refractivity contribution in [1.82, 2.24) is 0 Å². The number of anilines is 3. The number of methoxy groups -OCH3 is 1. The highest BCUT2D eigenvalue weighted by atomic mass is 32.2. The first-order chi connectivity index (χ1) is 16.6. The topological polar surface area (TPSA) is 98.5 Å². The van der Waals surface area contributed by atoms with E-state index in [4.69, 9.17) is 10.5 Å². The predicted octanol–water partition coefficient (Wildman–Crippen LogP) is 6.07. The van der Waals surface area contributed by atoms with Gasteiger partial charge in [0.2, 0.25) is 15.6 Å². The van der Waals surface area contributed by atoms with Crippen LogP contribution in [-0.4, -0.2) is 21.3 Å². The van der Waals surface area contributed by atoms with Crippen LogP contribution in [0.5, 0.6) is 5.75 Å². The minimum atomic E-state index is -4.03. The molecule has 0 aliphatic carbocycles. The summed E-state index contributed by atoms with van der Waals surface area (Å²) in [6.45, 7) is 5.68. The molecule has 0 unspecified atom stereocenters. The van der Waals surface area contributed by atoms with Gasteiger partial charge in [0.1, 0.15) is 20.5 Å². The molecule has 0 saturated heterocycles. The molecular weight excluding hydrogens is 480 g/mol. The van der Waals surface area contributed by atoms with Gasteiger partial charge in [0.15, 0.2) is 0 Å². The second kappa shape index (κ2) is 9.56. The molecule has 0 spiro atoms. The number of thiophene rings is 1. The third-order valence-corrected chi connectivity index (χ3v) is 8.76. The number of ether oxygens (including phenoxy) is 1. The molecule has 0 aliphatic heterocycles. The lowest BCUT2D eigenvalue weighted by Gasteiger charge is -2.11. The van der Waals surface area contributed by atoms with E-state index in [0.717, 1.165) is 28.0 Å². The third kappa shape index (κ3) is 4.80. The Labute approximate surface area is 209 Å². The number of rotatable bonds is 7. The second-order valence-electron chi connectivity index (χ2n) is 8.32. The molecule has 4 rings (SSSR count). The Morgan fingerprint density at radius 2 is 1.63 bits per heavy atom. The van der Waals surface area contributed by atoms with Crippen LogP contribution in [0.4, 0.5) is 16.4 Å². The minimum Gasteiger partial charge on any atom is -0.497 e. The molecule has 0 fully saturated rings. The fourth-order valence-electron chi connectivity index (χ4n) is 3.80. The predicted molar refractivity (Wildman–Crippen MR) is 141 cm³/mol. The lowest BCUT2D eigenvalue weighted by Crippen LogP contribution is -2.09. The zero-order valence-corrected chi connectivity index (χ0v) is 21.5. The Hall–Kier alpha value is -3.62. The van der Waals surface area contributed by atoms with Crippen molar-refractivity contribution in [3.8, 4) is 5.75 Å². The fourth-order valence-corrected chi connectivity index (χ4v) is 6.73. The van der Waals surface area contributed by atoms with Gasteiger partial charge in [-0.3, -0.25) is 4.79 Å². The van der Waals surface area contributed by atoms with Gasteiger partial charge in [-0.15, -0.1) is 11.3 Å². The number of aryl methyl sites for hydroxylation is 3. The summed E-state index contributed by atoms with van der Waals surface area (Å²) in [5.41, 5.74) is 10.2. The first kappa shape index (κ1) is 24.5. The number of benzene rings is 3. The first-order valence-corrected chi connectivity index (χ1v) is 13.2. The van der Waals surface area contributed by atoms with Gasteiger partial charge in [0, 0.05) is 17.3 Å². The summed E-state index contributed by atoms with van der Waals surface area (Å²) in [4.78, 5) is 13.7. The zero-order chi connectivity index (χ0) is 25.3. The Balaban J connectivity index is 1.89. The molecule has 0 amide bonds. The molecule has 1 aromatic heterocycles. The fraction of sp³-hybridized carbons (Fsp3) is 0.148. The number of nitrogens with two attached hydrogens (primary N) is 1. The van der Waals surface area contributed by atoms with Crippen LogP contribution in [-0.2, 0) is 9.84 Å². The number of nitrogen functional groups attached to an aromatic ring is 1. The number of sulfone groups is 1. The number of ketones is 1. The van der Waals surface area contributed by atoms with Crippen LogP contribution in [0.3, 0.4) is 0 Å². The van der Waals surface area contributed by atoms with E-state index in [1.807, 2.05) is 32.9 Å². The monoisotopic (exact) mass is 506 g/mol. The van der Waals surface area contributed by atoms with Gasteiger partial charge in [-0.05, 0) is 50.6 Å². The molecule has 1 heterocycles. The smallest absolute Gasteiger partial charge is 0.211 e. The number of carbonyl (C=O) groups excluding carboxylic acids is 1. The molecule has 0 atom stereocenters. The molecule has 0 radical (unpaired) electrons. The van der Waals surface area contributed by atoms with Crippen molar-refractivity contribution < 1.29 is 17.9 Å².